The Kier molecular flexibility index (Phi) is 21.6. The number of ether oxygens (including phenoxy) is 3. The first-order valence-corrected chi connectivity index (χ1v) is 26.9. The second-order valence-corrected chi connectivity index (χ2v) is 19.6. The lowest BCUT2D eigenvalue weighted by atomic mass is 10.1. The molecule has 6 aromatic rings. The van der Waals surface area contributed by atoms with Crippen molar-refractivity contribution in [3.63, 3.8) is 0 Å². The van der Waals surface area contributed by atoms with E-state index in [9.17, 15) is 13.2 Å². The molecule has 366 valence electrons. The first-order chi connectivity index (χ1) is 33.7. The molecule has 0 aliphatic heterocycles. The van der Waals surface area contributed by atoms with Gasteiger partial charge in [0.25, 0.3) is 10.0 Å². The van der Waals surface area contributed by atoms with Gasteiger partial charge in [0.1, 0.15) is 11.5 Å². The molecule has 0 spiro atoms. The van der Waals surface area contributed by atoms with E-state index in [-0.39, 0.29) is 10.9 Å². The average molecular weight is 972 g/mol. The summed E-state index contributed by atoms with van der Waals surface area (Å²) in [4.78, 5) is 21.2. The predicted octanol–water partition coefficient (Wildman–Crippen LogP) is 14.8. The molecule has 0 saturated heterocycles. The van der Waals surface area contributed by atoms with E-state index in [0.717, 1.165) is 53.4 Å². The average Bonchev–Trinajstić information content (AvgIpc) is 3.37. The van der Waals surface area contributed by atoms with Gasteiger partial charge in [0, 0.05) is 23.0 Å². The largest absolute Gasteiger partial charge is 0.490 e. The zero-order chi connectivity index (χ0) is 48.5. The first-order valence-electron chi connectivity index (χ1n) is 25.0. The van der Waals surface area contributed by atoms with Crippen LogP contribution in [0.1, 0.15) is 140 Å². The van der Waals surface area contributed by atoms with Gasteiger partial charge < -0.3 is 24.8 Å². The van der Waals surface area contributed by atoms with Crippen molar-refractivity contribution in [2.24, 2.45) is 0 Å². The summed E-state index contributed by atoms with van der Waals surface area (Å²) in [7, 11) is -3.91. The Hall–Kier alpha value is -6.05. The Morgan fingerprint density at radius 2 is 1.06 bits per heavy atom. The van der Waals surface area contributed by atoms with E-state index in [1.54, 1.807) is 54.6 Å². The summed E-state index contributed by atoms with van der Waals surface area (Å²) in [6, 6.07) is 32.0. The number of aromatic nitrogens is 2. The van der Waals surface area contributed by atoms with E-state index >= 15 is 0 Å². The van der Waals surface area contributed by atoms with E-state index in [1.165, 1.54) is 109 Å². The fraction of sp³-hybridized carbons (Fsp3) is 0.393. The lowest BCUT2D eigenvalue weighted by molar-refractivity contribution is 0.0718. The molecule has 5 aromatic carbocycles. The van der Waals surface area contributed by atoms with Gasteiger partial charge in [-0.1, -0.05) is 165 Å². The molecule has 0 fully saturated rings. The minimum atomic E-state index is -3.91. The summed E-state index contributed by atoms with van der Waals surface area (Å²) in [5, 5.41) is 8.77. The Bertz CT molecular complexity index is 2590. The van der Waals surface area contributed by atoms with Gasteiger partial charge in [-0.15, -0.1) is 0 Å². The Morgan fingerprint density at radius 3 is 1.64 bits per heavy atom. The lowest BCUT2D eigenvalue weighted by Gasteiger charge is -2.16. The quantitative estimate of drug-likeness (QED) is 0.0226. The molecule has 0 amide bonds. The molecular formula is C56H69N5O6S2. The topological polar surface area (TPSA) is 141 Å². The van der Waals surface area contributed by atoms with Gasteiger partial charge in [0.05, 0.1) is 35.1 Å². The minimum Gasteiger partial charge on any atom is -0.490 e. The van der Waals surface area contributed by atoms with Crippen molar-refractivity contribution in [2.45, 2.75) is 134 Å². The Morgan fingerprint density at radius 1 is 0.565 bits per heavy atom. The number of hydrogen-bond donors (Lipinski definition) is 3. The van der Waals surface area contributed by atoms with Gasteiger partial charge in [0.2, 0.25) is 0 Å². The van der Waals surface area contributed by atoms with E-state index in [2.05, 4.69) is 39.2 Å². The molecular weight excluding hydrogens is 903 g/mol. The minimum absolute atomic E-state index is 0.0544. The van der Waals surface area contributed by atoms with Gasteiger partial charge in [-0.25, -0.2) is 13.2 Å². The number of carbonyl (C=O) groups excluding carboxylic acids is 1. The van der Waals surface area contributed by atoms with Crippen LogP contribution in [0.2, 0.25) is 0 Å². The van der Waals surface area contributed by atoms with Crippen LogP contribution in [0.25, 0.3) is 21.9 Å². The third-order valence-electron chi connectivity index (χ3n) is 12.0. The second kappa shape index (κ2) is 28.4. The fourth-order valence-corrected chi connectivity index (χ4v) is 9.31. The van der Waals surface area contributed by atoms with Crippen molar-refractivity contribution in [3.8, 4) is 34.4 Å². The van der Waals surface area contributed by atoms with Crippen LogP contribution in [0.5, 0.6) is 23.3 Å². The van der Waals surface area contributed by atoms with Crippen LogP contribution in [0.15, 0.2) is 126 Å². The summed E-state index contributed by atoms with van der Waals surface area (Å²) >= 11 is 5.60. The molecule has 0 aliphatic rings. The molecule has 0 atom stereocenters. The number of nitrogens with one attached hydrogen (secondary N) is 3. The van der Waals surface area contributed by atoms with E-state index in [0.29, 0.717) is 40.2 Å². The van der Waals surface area contributed by atoms with E-state index < -0.39 is 16.0 Å². The summed E-state index contributed by atoms with van der Waals surface area (Å²) in [5.41, 5.74) is 3.31. The zero-order valence-corrected chi connectivity index (χ0v) is 42.0. The molecule has 0 saturated carbocycles. The van der Waals surface area contributed by atoms with Crippen molar-refractivity contribution >= 4 is 55.5 Å². The zero-order valence-electron chi connectivity index (χ0n) is 40.3. The van der Waals surface area contributed by atoms with E-state index in [1.807, 2.05) is 54.6 Å². The molecule has 11 nitrogen and oxygen atoms in total. The van der Waals surface area contributed by atoms with Crippen LogP contribution in [0.4, 0.5) is 11.4 Å². The van der Waals surface area contributed by atoms with Crippen LogP contribution >= 0.6 is 12.2 Å². The molecule has 0 aliphatic carbocycles. The number of fused-ring (bicyclic) bond motifs is 1. The summed E-state index contributed by atoms with van der Waals surface area (Å²) < 4.78 is 47.3. The van der Waals surface area contributed by atoms with Crippen molar-refractivity contribution in [1.82, 2.24) is 15.3 Å². The number of esters is 1. The highest BCUT2D eigenvalue weighted by Gasteiger charge is 2.18. The predicted molar refractivity (Wildman–Crippen MR) is 284 cm³/mol. The third kappa shape index (κ3) is 17.5. The number of anilines is 2. The molecule has 69 heavy (non-hydrogen) atoms. The molecule has 6 rings (SSSR count). The highest BCUT2D eigenvalue weighted by molar-refractivity contribution is 7.92. The van der Waals surface area contributed by atoms with Gasteiger partial charge in [-0.05, 0) is 96.9 Å². The number of unbranched alkanes of at least 4 members (excludes halogenated alkanes) is 16. The molecule has 13 heteroatoms. The summed E-state index contributed by atoms with van der Waals surface area (Å²) in [5.74, 6) is 1.07. The molecule has 1 heterocycles. The maximum atomic E-state index is 13.7. The fourth-order valence-electron chi connectivity index (χ4n) is 8.02. The number of hydrogen-bond acceptors (Lipinski definition) is 9. The maximum Gasteiger partial charge on any atom is 0.345 e. The van der Waals surface area contributed by atoms with Crippen LogP contribution in [-0.4, -0.2) is 42.6 Å². The summed E-state index contributed by atoms with van der Waals surface area (Å²) in [6.07, 6.45) is 25.6. The number of rotatable bonds is 30. The molecule has 0 radical (unpaired) electrons. The van der Waals surface area contributed by atoms with Crippen LogP contribution in [0.3, 0.4) is 0 Å². The highest BCUT2D eigenvalue weighted by atomic mass is 32.2. The van der Waals surface area contributed by atoms with E-state index in [4.69, 9.17) is 26.4 Å². The third-order valence-corrected chi connectivity index (χ3v) is 13.6. The van der Waals surface area contributed by atoms with Crippen molar-refractivity contribution in [3.05, 3.63) is 127 Å². The van der Waals surface area contributed by atoms with Gasteiger partial charge in [0.15, 0.2) is 10.9 Å². The number of sulfonamides is 1. The van der Waals surface area contributed by atoms with Crippen molar-refractivity contribution in [1.29, 1.82) is 0 Å². The number of nitrogens with zero attached hydrogens (tertiary/aromatic N) is 2. The monoisotopic (exact) mass is 971 g/mol. The smallest absolute Gasteiger partial charge is 0.345 e. The standard InChI is InChI=1S/C56H69N5O6S2/c1-3-5-7-9-11-13-14-16-18-22-40-65-48-41-58-55(59-42-48)67-54(62)45-27-33-47(34-28-45)66-46-31-25-43(26-32-46)44-29-35-49(36-30-44)69(63,64)61-53-38-37-52(50-23-19-20-24-51(50)53)60-56(68)57-39-21-17-15-12-10-8-6-4-2/h19-20,23-38,41-42,61H,3-18,21-22,39-40H2,1-2H3,(H2,57,60,68). The SMILES string of the molecule is CCCCCCCCCCCCOc1cnc(OC(=O)c2ccc(Oc3ccc(-c4ccc(S(=O)(=O)Nc5ccc(NC(=S)NCCCCCCCCCC)c6ccccc56)cc4)cc3)cc2)nc1. The normalized spacial score (nSPS) is 11.3. The van der Waals surface area contributed by atoms with Gasteiger partial charge >= 0.3 is 12.0 Å². The maximum absolute atomic E-state index is 13.7. The van der Waals surface area contributed by atoms with Crippen molar-refractivity contribution < 1.29 is 27.4 Å². The molecule has 0 unspecified atom stereocenters. The highest BCUT2D eigenvalue weighted by Crippen LogP contribution is 2.33. The van der Waals surface area contributed by atoms with Crippen LogP contribution in [0, 0.1) is 0 Å². The molecule has 0 bridgehead atoms. The molecule has 3 N–H and O–H groups in total. The lowest BCUT2D eigenvalue weighted by Crippen LogP contribution is -2.29. The summed E-state index contributed by atoms with van der Waals surface area (Å²) in [6.45, 7) is 5.89. The van der Waals surface area contributed by atoms with Gasteiger partial charge in [-0.2, -0.15) is 9.97 Å². The van der Waals surface area contributed by atoms with Crippen LogP contribution < -0.4 is 29.6 Å². The second-order valence-electron chi connectivity index (χ2n) is 17.5. The number of carbonyl (C=O) groups is 1. The first kappa shape index (κ1) is 52.3. The molecule has 1 aromatic heterocycles. The number of thiocarbonyl (C=S) groups is 1. The van der Waals surface area contributed by atoms with Crippen molar-refractivity contribution in [2.75, 3.05) is 23.2 Å². The Balaban J connectivity index is 0.930. The number of benzene rings is 5. The van der Waals surface area contributed by atoms with Gasteiger partial charge in [-0.3, -0.25) is 4.72 Å². The van der Waals surface area contributed by atoms with Crippen LogP contribution in [-0.2, 0) is 10.0 Å². The Labute approximate surface area is 415 Å².